The van der Waals surface area contributed by atoms with Crippen LogP contribution in [-0.2, 0) is 5.41 Å². The highest BCUT2D eigenvalue weighted by Gasteiger charge is 2.53. The minimum atomic E-state index is -0.495. The number of aromatic nitrogens is 2. The number of fused-ring (bicyclic) bond motifs is 10. The number of hydrogen-bond acceptors (Lipinski definition) is 2. The predicted molar refractivity (Wildman–Crippen MR) is 154 cm³/mol. The van der Waals surface area contributed by atoms with Gasteiger partial charge in [0, 0.05) is 16.7 Å². The molecule has 0 atom stereocenters. The van der Waals surface area contributed by atoms with Gasteiger partial charge in [-0.2, -0.15) is 0 Å². The van der Waals surface area contributed by atoms with Crippen LogP contribution in [0.25, 0.3) is 44.9 Å². The van der Waals surface area contributed by atoms with Crippen molar-refractivity contribution in [2.45, 2.75) is 12.3 Å². The topological polar surface area (TPSA) is 25.8 Å². The lowest BCUT2D eigenvalue weighted by Crippen LogP contribution is -2.27. The third kappa shape index (κ3) is 2.72. The molecule has 1 spiro atoms. The molecule has 0 fully saturated rings. The number of rotatable bonds is 2. The molecule has 1 heterocycles. The van der Waals surface area contributed by atoms with E-state index >= 15 is 0 Å². The van der Waals surface area contributed by atoms with E-state index in [2.05, 4.69) is 134 Å². The van der Waals surface area contributed by atoms with Crippen LogP contribution in [0.2, 0.25) is 0 Å². The first-order valence-corrected chi connectivity index (χ1v) is 13.1. The largest absolute Gasteiger partial charge is 0.231 e. The minimum absolute atomic E-state index is 0.495. The van der Waals surface area contributed by atoms with Gasteiger partial charge < -0.3 is 0 Å². The average Bonchev–Trinajstić information content (AvgIpc) is 3.45. The summed E-state index contributed by atoms with van der Waals surface area (Å²) in [5, 5.41) is 0. The fourth-order valence-corrected chi connectivity index (χ4v) is 6.56. The molecule has 0 saturated carbocycles. The van der Waals surface area contributed by atoms with Crippen molar-refractivity contribution < 1.29 is 0 Å². The standard InChI is InChI=1S/C36H24N2/c1-23-19-21-25(22-20-23)35-37-33(24-11-3-2-4-12-24)32-28-15-7-10-18-31(28)36(34(32)38-35)29-16-8-5-13-26(29)27-14-6-9-17-30(27)36/h2-22H,1H3. The SMILES string of the molecule is Cc1ccc(-c2nc(-c3ccccc3)c3c(n2)C2(c4ccccc4-c4ccccc42)c2ccccc2-3)cc1. The highest BCUT2D eigenvalue weighted by molar-refractivity contribution is 5.98. The van der Waals surface area contributed by atoms with E-state index in [1.165, 1.54) is 38.9 Å². The quantitative estimate of drug-likeness (QED) is 0.246. The Morgan fingerprint density at radius 1 is 0.474 bits per heavy atom. The van der Waals surface area contributed by atoms with E-state index in [-0.39, 0.29) is 0 Å². The first-order valence-electron chi connectivity index (χ1n) is 13.1. The van der Waals surface area contributed by atoms with Gasteiger partial charge in [0.05, 0.1) is 16.8 Å². The molecule has 0 unspecified atom stereocenters. The van der Waals surface area contributed by atoms with Gasteiger partial charge in [0.1, 0.15) is 0 Å². The Labute approximate surface area is 222 Å². The fourth-order valence-electron chi connectivity index (χ4n) is 6.56. The summed E-state index contributed by atoms with van der Waals surface area (Å²) in [7, 11) is 0. The van der Waals surface area contributed by atoms with Gasteiger partial charge in [-0.15, -0.1) is 0 Å². The van der Waals surface area contributed by atoms with Crippen LogP contribution in [-0.4, -0.2) is 9.97 Å². The van der Waals surface area contributed by atoms with Crippen molar-refractivity contribution in [2.75, 3.05) is 0 Å². The Kier molecular flexibility index (Phi) is 4.39. The Morgan fingerprint density at radius 3 is 1.63 bits per heavy atom. The molecular weight excluding hydrogens is 460 g/mol. The van der Waals surface area contributed by atoms with Crippen molar-refractivity contribution in [1.29, 1.82) is 0 Å². The summed E-state index contributed by atoms with van der Waals surface area (Å²) in [6.45, 7) is 2.11. The molecule has 8 rings (SSSR count). The van der Waals surface area contributed by atoms with E-state index in [9.17, 15) is 0 Å². The maximum atomic E-state index is 5.48. The molecule has 0 bridgehead atoms. The van der Waals surface area contributed by atoms with Crippen molar-refractivity contribution >= 4 is 0 Å². The van der Waals surface area contributed by atoms with Gasteiger partial charge in [-0.3, -0.25) is 0 Å². The summed E-state index contributed by atoms with van der Waals surface area (Å²) >= 11 is 0. The van der Waals surface area contributed by atoms with Crippen molar-refractivity contribution in [2.24, 2.45) is 0 Å². The zero-order chi connectivity index (χ0) is 25.3. The maximum Gasteiger partial charge on any atom is 0.160 e. The lowest BCUT2D eigenvalue weighted by atomic mass is 9.72. The van der Waals surface area contributed by atoms with Crippen LogP contribution in [0.3, 0.4) is 0 Å². The van der Waals surface area contributed by atoms with Gasteiger partial charge in [-0.25, -0.2) is 9.97 Å². The predicted octanol–water partition coefficient (Wildman–Crippen LogP) is 8.46. The van der Waals surface area contributed by atoms with Gasteiger partial charge in [0.25, 0.3) is 0 Å². The first kappa shape index (κ1) is 21.3. The van der Waals surface area contributed by atoms with Crippen LogP contribution in [0.15, 0.2) is 127 Å². The molecule has 2 aliphatic rings. The normalized spacial score (nSPS) is 13.6. The molecule has 2 aliphatic carbocycles. The van der Waals surface area contributed by atoms with Gasteiger partial charge in [-0.1, -0.05) is 133 Å². The van der Waals surface area contributed by atoms with E-state index in [4.69, 9.17) is 9.97 Å². The monoisotopic (exact) mass is 484 g/mol. The lowest BCUT2D eigenvalue weighted by molar-refractivity contribution is 0.758. The van der Waals surface area contributed by atoms with E-state index in [0.717, 1.165) is 33.9 Å². The third-order valence-corrected chi connectivity index (χ3v) is 8.17. The highest BCUT2D eigenvalue weighted by atomic mass is 14.9. The van der Waals surface area contributed by atoms with Gasteiger partial charge >= 0.3 is 0 Å². The van der Waals surface area contributed by atoms with Crippen LogP contribution in [0.4, 0.5) is 0 Å². The summed E-state index contributed by atoms with van der Waals surface area (Å²) < 4.78 is 0. The van der Waals surface area contributed by atoms with E-state index in [1.54, 1.807) is 0 Å². The second-order valence-corrected chi connectivity index (χ2v) is 10.2. The van der Waals surface area contributed by atoms with Crippen molar-refractivity contribution in [3.8, 4) is 44.9 Å². The van der Waals surface area contributed by atoms with Crippen LogP contribution < -0.4 is 0 Å². The number of hydrogen-bond donors (Lipinski definition) is 0. The number of aryl methyl sites for hydroxylation is 1. The summed E-state index contributed by atoms with van der Waals surface area (Å²) in [4.78, 5) is 10.7. The molecule has 0 aliphatic heterocycles. The maximum absolute atomic E-state index is 5.48. The molecule has 0 N–H and O–H groups in total. The second-order valence-electron chi connectivity index (χ2n) is 10.2. The molecule has 2 nitrogen and oxygen atoms in total. The summed E-state index contributed by atoms with van der Waals surface area (Å²) in [6, 6.07) is 45.6. The van der Waals surface area contributed by atoms with Gasteiger partial charge in [0.15, 0.2) is 5.82 Å². The number of benzene rings is 5. The van der Waals surface area contributed by atoms with Crippen LogP contribution >= 0.6 is 0 Å². The molecule has 0 saturated heterocycles. The molecule has 38 heavy (non-hydrogen) atoms. The summed E-state index contributed by atoms with van der Waals surface area (Å²) in [5.74, 6) is 0.761. The summed E-state index contributed by atoms with van der Waals surface area (Å²) in [6.07, 6.45) is 0. The molecule has 178 valence electrons. The molecule has 0 amide bonds. The number of nitrogens with zero attached hydrogens (tertiary/aromatic N) is 2. The fraction of sp³-hybridized carbons (Fsp3) is 0.0556. The first-order chi connectivity index (χ1) is 18.8. The van der Waals surface area contributed by atoms with Gasteiger partial charge in [0.2, 0.25) is 0 Å². The third-order valence-electron chi connectivity index (χ3n) is 8.17. The second kappa shape index (κ2) is 7.84. The van der Waals surface area contributed by atoms with E-state index < -0.39 is 5.41 Å². The molecule has 1 aromatic heterocycles. The molecule has 0 radical (unpaired) electrons. The van der Waals surface area contributed by atoms with Gasteiger partial charge in [-0.05, 0) is 40.3 Å². The van der Waals surface area contributed by atoms with Crippen molar-refractivity contribution in [3.63, 3.8) is 0 Å². The van der Waals surface area contributed by atoms with Crippen LogP contribution in [0.1, 0.15) is 27.9 Å². The van der Waals surface area contributed by atoms with Crippen molar-refractivity contribution in [1.82, 2.24) is 9.97 Å². The Hall–Kier alpha value is -4.82. The Morgan fingerprint density at radius 2 is 1.00 bits per heavy atom. The average molecular weight is 485 g/mol. The molecule has 5 aromatic carbocycles. The zero-order valence-electron chi connectivity index (χ0n) is 21.0. The van der Waals surface area contributed by atoms with Crippen molar-refractivity contribution in [3.05, 3.63) is 155 Å². The minimum Gasteiger partial charge on any atom is -0.231 e. The Balaban J connectivity index is 1.57. The van der Waals surface area contributed by atoms with E-state index in [0.29, 0.717) is 0 Å². The Bertz CT molecular complexity index is 1820. The molecular formula is C36H24N2. The molecule has 6 aromatic rings. The summed E-state index contributed by atoms with van der Waals surface area (Å²) in [5.41, 5.74) is 13.7. The zero-order valence-corrected chi connectivity index (χ0v) is 21.0. The highest BCUT2D eigenvalue weighted by Crippen LogP contribution is 2.63. The van der Waals surface area contributed by atoms with E-state index in [1.807, 2.05) is 0 Å². The van der Waals surface area contributed by atoms with Crippen LogP contribution in [0.5, 0.6) is 0 Å². The molecule has 2 heteroatoms. The van der Waals surface area contributed by atoms with Crippen LogP contribution in [0, 0.1) is 6.92 Å². The smallest absolute Gasteiger partial charge is 0.160 e. The lowest BCUT2D eigenvalue weighted by Gasteiger charge is -2.29.